The number of hydrogen-bond donors (Lipinski definition) is 2. The quantitative estimate of drug-likeness (QED) is 0.792. The van der Waals surface area contributed by atoms with Crippen molar-refractivity contribution in [1.82, 2.24) is 15.1 Å². The van der Waals surface area contributed by atoms with Crippen LogP contribution < -0.4 is 11.1 Å². The van der Waals surface area contributed by atoms with E-state index in [2.05, 4.69) is 17.3 Å². The summed E-state index contributed by atoms with van der Waals surface area (Å²) in [5.74, 6) is 0.00519. The molecule has 0 radical (unpaired) electrons. The summed E-state index contributed by atoms with van der Waals surface area (Å²) in [6.07, 6.45) is 2.13. The van der Waals surface area contributed by atoms with E-state index in [0.717, 1.165) is 24.2 Å². The number of carbonyl (C=O) groups is 1. The molecule has 1 aromatic heterocycles. The van der Waals surface area contributed by atoms with Crippen LogP contribution in [0.2, 0.25) is 0 Å². The number of nitrogens with zero attached hydrogens (tertiary/aromatic N) is 2. The second-order valence-electron chi connectivity index (χ2n) is 4.85. The highest BCUT2D eigenvalue weighted by Gasteiger charge is 2.38. The monoisotopic (exact) mass is 222 g/mol. The molecule has 0 aliphatic heterocycles. The number of aryl methyl sites for hydroxylation is 1. The van der Waals surface area contributed by atoms with Crippen molar-refractivity contribution in [3.05, 3.63) is 11.4 Å². The lowest BCUT2D eigenvalue weighted by Crippen LogP contribution is -2.37. The summed E-state index contributed by atoms with van der Waals surface area (Å²) < 4.78 is 1.66. The van der Waals surface area contributed by atoms with Gasteiger partial charge >= 0.3 is 0 Å². The molecule has 0 spiro atoms. The molecule has 1 heterocycles. The van der Waals surface area contributed by atoms with Gasteiger partial charge in [-0.2, -0.15) is 5.10 Å². The zero-order valence-electron chi connectivity index (χ0n) is 10.0. The summed E-state index contributed by atoms with van der Waals surface area (Å²) >= 11 is 0. The number of carbonyl (C=O) groups excluding carboxylic acids is 1. The average Bonchev–Trinajstić information content (AvgIpc) is 2.86. The summed E-state index contributed by atoms with van der Waals surface area (Å²) in [6, 6.07) is 0. The number of nitrogens with one attached hydrogen (secondary N) is 1. The van der Waals surface area contributed by atoms with Gasteiger partial charge in [0.2, 0.25) is 5.91 Å². The molecule has 1 aliphatic rings. The Labute approximate surface area is 95.0 Å². The number of anilines is 1. The first-order valence-electron chi connectivity index (χ1n) is 5.52. The molecule has 0 saturated heterocycles. The molecule has 1 fully saturated rings. The van der Waals surface area contributed by atoms with Gasteiger partial charge in [-0.15, -0.1) is 0 Å². The lowest BCUT2D eigenvalue weighted by Gasteiger charge is -2.11. The number of nitrogen functional groups attached to an aromatic ring is 1. The van der Waals surface area contributed by atoms with Crippen LogP contribution in [0.25, 0.3) is 0 Å². The number of nitrogens with two attached hydrogens (primary N) is 1. The van der Waals surface area contributed by atoms with Crippen LogP contribution in [0.1, 0.15) is 31.2 Å². The minimum Gasteiger partial charge on any atom is -0.396 e. The van der Waals surface area contributed by atoms with E-state index in [-0.39, 0.29) is 18.0 Å². The van der Waals surface area contributed by atoms with Gasteiger partial charge in [0, 0.05) is 5.54 Å². The summed E-state index contributed by atoms with van der Waals surface area (Å²) in [6.45, 7) is 6.03. The van der Waals surface area contributed by atoms with Gasteiger partial charge in [-0.3, -0.25) is 9.48 Å². The predicted octanol–water partition coefficient (Wildman–Crippen LogP) is 0.751. The number of rotatable bonds is 3. The Morgan fingerprint density at radius 2 is 2.19 bits per heavy atom. The fraction of sp³-hybridized carbons (Fsp3) is 0.636. The van der Waals surface area contributed by atoms with Crippen LogP contribution in [0.3, 0.4) is 0 Å². The first kappa shape index (κ1) is 11.0. The number of aromatic nitrogens is 2. The van der Waals surface area contributed by atoms with Gasteiger partial charge in [-0.25, -0.2) is 0 Å². The van der Waals surface area contributed by atoms with Crippen LogP contribution in [0.5, 0.6) is 0 Å². The van der Waals surface area contributed by atoms with E-state index < -0.39 is 0 Å². The van der Waals surface area contributed by atoms with Gasteiger partial charge in [0.25, 0.3) is 0 Å². The van der Waals surface area contributed by atoms with E-state index in [4.69, 9.17) is 5.73 Å². The van der Waals surface area contributed by atoms with E-state index in [9.17, 15) is 4.79 Å². The van der Waals surface area contributed by atoms with Crippen LogP contribution >= 0.6 is 0 Å². The second-order valence-corrected chi connectivity index (χ2v) is 4.85. The van der Waals surface area contributed by atoms with Crippen LogP contribution in [-0.4, -0.2) is 21.2 Å². The van der Waals surface area contributed by atoms with Crippen molar-refractivity contribution >= 4 is 11.6 Å². The number of amides is 1. The first-order valence-corrected chi connectivity index (χ1v) is 5.52. The summed E-state index contributed by atoms with van der Waals surface area (Å²) in [5.41, 5.74) is 8.14. The highest BCUT2D eigenvalue weighted by atomic mass is 16.2. The fourth-order valence-electron chi connectivity index (χ4n) is 1.69. The van der Waals surface area contributed by atoms with E-state index in [1.807, 2.05) is 13.8 Å². The Balaban J connectivity index is 2.03. The molecular weight excluding hydrogens is 204 g/mol. The lowest BCUT2D eigenvalue weighted by atomic mass is 10.3. The van der Waals surface area contributed by atoms with Crippen molar-refractivity contribution in [3.63, 3.8) is 0 Å². The molecule has 3 N–H and O–H groups in total. The minimum atomic E-state index is 0.00519. The molecule has 16 heavy (non-hydrogen) atoms. The molecule has 1 aromatic rings. The first-order chi connectivity index (χ1) is 7.41. The third-order valence-electron chi connectivity index (χ3n) is 3.17. The fourth-order valence-corrected chi connectivity index (χ4v) is 1.69. The normalized spacial score (nSPS) is 17.2. The van der Waals surface area contributed by atoms with Crippen molar-refractivity contribution < 1.29 is 4.79 Å². The molecule has 0 bridgehead atoms. The minimum absolute atomic E-state index is 0.00519. The Morgan fingerprint density at radius 3 is 2.62 bits per heavy atom. The predicted molar refractivity (Wildman–Crippen MR) is 61.9 cm³/mol. The van der Waals surface area contributed by atoms with Crippen molar-refractivity contribution in [3.8, 4) is 0 Å². The van der Waals surface area contributed by atoms with Gasteiger partial charge in [0.1, 0.15) is 6.54 Å². The Hall–Kier alpha value is -1.52. The van der Waals surface area contributed by atoms with E-state index in [1.165, 1.54) is 0 Å². The average molecular weight is 222 g/mol. The van der Waals surface area contributed by atoms with E-state index >= 15 is 0 Å². The SMILES string of the molecule is Cc1nn(CC(=O)NC2(C)CC2)c(C)c1N. The molecule has 0 atom stereocenters. The Bertz CT molecular complexity index is 431. The van der Waals surface area contributed by atoms with E-state index in [1.54, 1.807) is 4.68 Å². The van der Waals surface area contributed by atoms with Crippen LogP contribution in [0.15, 0.2) is 0 Å². The molecule has 1 amide bonds. The maximum absolute atomic E-state index is 11.7. The molecule has 5 nitrogen and oxygen atoms in total. The third kappa shape index (κ3) is 2.03. The largest absolute Gasteiger partial charge is 0.396 e. The molecular formula is C11H18N4O. The van der Waals surface area contributed by atoms with Gasteiger partial charge in [-0.05, 0) is 33.6 Å². The third-order valence-corrected chi connectivity index (χ3v) is 3.17. The molecule has 88 valence electrons. The maximum Gasteiger partial charge on any atom is 0.242 e. The summed E-state index contributed by atoms with van der Waals surface area (Å²) in [5, 5.41) is 7.23. The van der Waals surface area contributed by atoms with Crippen molar-refractivity contribution in [2.45, 2.75) is 45.7 Å². The van der Waals surface area contributed by atoms with Crippen LogP contribution in [-0.2, 0) is 11.3 Å². The topological polar surface area (TPSA) is 72.9 Å². The number of hydrogen-bond acceptors (Lipinski definition) is 3. The van der Waals surface area contributed by atoms with Crippen molar-refractivity contribution in [2.75, 3.05) is 5.73 Å². The van der Waals surface area contributed by atoms with Crippen molar-refractivity contribution in [1.29, 1.82) is 0 Å². The Morgan fingerprint density at radius 1 is 1.56 bits per heavy atom. The Kier molecular flexibility index (Phi) is 2.40. The maximum atomic E-state index is 11.7. The van der Waals surface area contributed by atoms with Gasteiger partial charge in [0.05, 0.1) is 17.1 Å². The zero-order chi connectivity index (χ0) is 11.9. The molecule has 0 aromatic carbocycles. The van der Waals surface area contributed by atoms with E-state index in [0.29, 0.717) is 5.69 Å². The highest BCUT2D eigenvalue weighted by molar-refractivity contribution is 5.77. The standard InChI is InChI=1S/C11H18N4O/c1-7-10(12)8(2)15(14-7)6-9(16)13-11(3)4-5-11/h4-6,12H2,1-3H3,(H,13,16). The van der Waals surface area contributed by atoms with Crippen molar-refractivity contribution in [2.24, 2.45) is 0 Å². The molecule has 2 rings (SSSR count). The van der Waals surface area contributed by atoms with Gasteiger partial charge in [-0.1, -0.05) is 0 Å². The summed E-state index contributed by atoms with van der Waals surface area (Å²) in [4.78, 5) is 11.7. The van der Waals surface area contributed by atoms with Gasteiger partial charge in [0.15, 0.2) is 0 Å². The molecule has 5 heteroatoms. The summed E-state index contributed by atoms with van der Waals surface area (Å²) in [7, 11) is 0. The highest BCUT2D eigenvalue weighted by Crippen LogP contribution is 2.34. The van der Waals surface area contributed by atoms with Crippen LogP contribution in [0.4, 0.5) is 5.69 Å². The van der Waals surface area contributed by atoms with Crippen LogP contribution in [0, 0.1) is 13.8 Å². The molecule has 1 aliphatic carbocycles. The second kappa shape index (κ2) is 3.50. The van der Waals surface area contributed by atoms with Gasteiger partial charge < -0.3 is 11.1 Å². The zero-order valence-corrected chi connectivity index (χ0v) is 10.0. The lowest BCUT2D eigenvalue weighted by molar-refractivity contribution is -0.122. The molecule has 0 unspecified atom stereocenters. The smallest absolute Gasteiger partial charge is 0.242 e. The molecule has 1 saturated carbocycles.